The highest BCUT2D eigenvalue weighted by molar-refractivity contribution is 6.35. The quantitative estimate of drug-likeness (QED) is 0.342. The third kappa shape index (κ3) is 6.89. The molecule has 0 unspecified atom stereocenters. The first kappa shape index (κ1) is 22.3. The lowest BCUT2D eigenvalue weighted by atomic mass is 10.2. The van der Waals surface area contributed by atoms with Crippen LogP contribution in [-0.4, -0.2) is 44.2 Å². The second-order valence-corrected chi connectivity index (χ2v) is 5.81. The van der Waals surface area contributed by atoms with Gasteiger partial charge in [0.1, 0.15) is 5.82 Å². The lowest BCUT2D eigenvalue weighted by Crippen LogP contribution is -2.37. The molecule has 30 heavy (non-hydrogen) atoms. The van der Waals surface area contributed by atoms with Gasteiger partial charge in [-0.05, 0) is 55.0 Å². The third-order valence-corrected chi connectivity index (χ3v) is 3.60. The highest BCUT2D eigenvalue weighted by Crippen LogP contribution is 2.27. The van der Waals surface area contributed by atoms with E-state index in [0.29, 0.717) is 29.3 Å². The minimum Gasteiger partial charge on any atom is -0.493 e. The van der Waals surface area contributed by atoms with E-state index in [1.807, 2.05) is 0 Å². The zero-order valence-electron chi connectivity index (χ0n) is 16.4. The molecule has 0 aliphatic carbocycles. The number of carbonyl (C=O) groups excluding carboxylic acids is 3. The SMILES string of the molecule is CCNC(=O)C(=O)N/N=C\c1ccc(OCC(=O)Nc2ccc(F)cc2)c(OC)c1. The topological polar surface area (TPSA) is 118 Å². The maximum atomic E-state index is 12.9. The number of nitrogens with one attached hydrogen (secondary N) is 3. The van der Waals surface area contributed by atoms with Crippen molar-refractivity contribution >= 4 is 29.6 Å². The summed E-state index contributed by atoms with van der Waals surface area (Å²) in [6.07, 6.45) is 1.32. The molecule has 0 fully saturated rings. The second kappa shape index (κ2) is 11.1. The predicted molar refractivity (Wildman–Crippen MR) is 108 cm³/mol. The maximum absolute atomic E-state index is 12.9. The molecule has 2 rings (SSSR count). The van der Waals surface area contributed by atoms with E-state index in [0.717, 1.165) is 0 Å². The molecule has 9 nitrogen and oxygen atoms in total. The largest absolute Gasteiger partial charge is 0.493 e. The average molecular weight is 416 g/mol. The van der Waals surface area contributed by atoms with Crippen LogP contribution in [0.4, 0.5) is 10.1 Å². The van der Waals surface area contributed by atoms with Crippen LogP contribution in [0.3, 0.4) is 0 Å². The standard InChI is InChI=1S/C20H21FN4O5/c1-3-22-19(27)20(28)25-23-11-13-4-9-16(17(10-13)29-2)30-12-18(26)24-15-7-5-14(21)6-8-15/h4-11H,3,12H2,1-2H3,(H,22,27)(H,24,26)(H,25,28)/b23-11-. The number of halogens is 1. The van der Waals surface area contributed by atoms with Crippen LogP contribution >= 0.6 is 0 Å². The number of hydrazone groups is 1. The monoisotopic (exact) mass is 416 g/mol. The van der Waals surface area contributed by atoms with Gasteiger partial charge in [0.15, 0.2) is 18.1 Å². The number of hydrogen-bond donors (Lipinski definition) is 3. The molecule has 0 spiro atoms. The molecule has 0 aromatic heterocycles. The molecular formula is C20H21FN4O5. The molecule has 0 atom stereocenters. The molecule has 0 aliphatic rings. The normalized spacial score (nSPS) is 10.4. The number of anilines is 1. The lowest BCUT2D eigenvalue weighted by molar-refractivity contribution is -0.139. The van der Waals surface area contributed by atoms with E-state index in [9.17, 15) is 18.8 Å². The molecule has 3 N–H and O–H groups in total. The fourth-order valence-corrected chi connectivity index (χ4v) is 2.21. The summed E-state index contributed by atoms with van der Waals surface area (Å²) in [5.74, 6) is -1.84. The number of carbonyl (C=O) groups is 3. The molecule has 10 heteroatoms. The highest BCUT2D eigenvalue weighted by atomic mass is 19.1. The van der Waals surface area contributed by atoms with Crippen molar-refractivity contribution < 1.29 is 28.2 Å². The van der Waals surface area contributed by atoms with E-state index in [1.165, 1.54) is 37.6 Å². The van der Waals surface area contributed by atoms with Gasteiger partial charge in [0, 0.05) is 12.2 Å². The van der Waals surface area contributed by atoms with Crippen molar-refractivity contribution in [1.29, 1.82) is 0 Å². The van der Waals surface area contributed by atoms with Crippen LogP contribution in [-0.2, 0) is 14.4 Å². The van der Waals surface area contributed by atoms with Crippen molar-refractivity contribution in [2.45, 2.75) is 6.92 Å². The molecule has 0 saturated carbocycles. The first-order valence-electron chi connectivity index (χ1n) is 8.90. The Balaban J connectivity index is 1.92. The van der Waals surface area contributed by atoms with Gasteiger partial charge in [-0.3, -0.25) is 14.4 Å². The molecule has 158 valence electrons. The minimum absolute atomic E-state index is 0.288. The number of ether oxygens (including phenoxy) is 2. The molecule has 2 aromatic rings. The summed E-state index contributed by atoms with van der Waals surface area (Å²) in [5, 5.41) is 8.63. The zero-order chi connectivity index (χ0) is 21.9. The summed E-state index contributed by atoms with van der Waals surface area (Å²) < 4.78 is 23.6. The zero-order valence-corrected chi connectivity index (χ0v) is 16.4. The van der Waals surface area contributed by atoms with E-state index in [-0.39, 0.29) is 6.61 Å². The van der Waals surface area contributed by atoms with Gasteiger partial charge in [0.2, 0.25) is 0 Å². The Morgan fingerprint density at radius 1 is 1.07 bits per heavy atom. The van der Waals surface area contributed by atoms with E-state index < -0.39 is 23.5 Å². The van der Waals surface area contributed by atoms with Gasteiger partial charge in [-0.2, -0.15) is 5.10 Å². The molecule has 2 aromatic carbocycles. The van der Waals surface area contributed by atoms with Gasteiger partial charge < -0.3 is 20.1 Å². The van der Waals surface area contributed by atoms with Crippen molar-refractivity contribution in [3.63, 3.8) is 0 Å². The van der Waals surface area contributed by atoms with Gasteiger partial charge in [-0.15, -0.1) is 0 Å². The van der Waals surface area contributed by atoms with Crippen molar-refractivity contribution in [2.24, 2.45) is 5.10 Å². The second-order valence-electron chi connectivity index (χ2n) is 5.81. The summed E-state index contributed by atoms with van der Waals surface area (Å²) in [6, 6.07) is 10.1. The minimum atomic E-state index is -0.882. The Morgan fingerprint density at radius 3 is 2.47 bits per heavy atom. The summed E-state index contributed by atoms with van der Waals surface area (Å²) in [7, 11) is 1.43. The Labute approximate surface area is 172 Å². The summed E-state index contributed by atoms with van der Waals surface area (Å²) in [5.41, 5.74) is 3.11. The molecular weight excluding hydrogens is 395 g/mol. The van der Waals surface area contributed by atoms with E-state index in [2.05, 4.69) is 21.2 Å². The Bertz CT molecular complexity index is 931. The van der Waals surface area contributed by atoms with Crippen LogP contribution in [0.25, 0.3) is 0 Å². The van der Waals surface area contributed by atoms with E-state index >= 15 is 0 Å². The third-order valence-electron chi connectivity index (χ3n) is 3.60. The van der Waals surface area contributed by atoms with Crippen LogP contribution < -0.4 is 25.5 Å². The van der Waals surface area contributed by atoms with Crippen molar-refractivity contribution in [3.05, 3.63) is 53.8 Å². The van der Waals surface area contributed by atoms with Gasteiger partial charge in [-0.1, -0.05) is 0 Å². The number of nitrogens with zero attached hydrogens (tertiary/aromatic N) is 1. The van der Waals surface area contributed by atoms with Crippen LogP contribution in [0.2, 0.25) is 0 Å². The molecule has 0 heterocycles. The molecule has 0 bridgehead atoms. The smallest absolute Gasteiger partial charge is 0.329 e. The summed E-state index contributed by atoms with van der Waals surface area (Å²) >= 11 is 0. The molecule has 0 radical (unpaired) electrons. The Kier molecular flexibility index (Phi) is 8.30. The van der Waals surface area contributed by atoms with E-state index in [1.54, 1.807) is 25.1 Å². The average Bonchev–Trinajstić information content (AvgIpc) is 2.74. The molecule has 0 aliphatic heterocycles. The number of methoxy groups -OCH3 is 1. The number of amides is 3. The summed E-state index contributed by atoms with van der Waals surface area (Å²) in [4.78, 5) is 34.7. The number of benzene rings is 2. The van der Waals surface area contributed by atoms with Crippen LogP contribution in [0.15, 0.2) is 47.6 Å². The van der Waals surface area contributed by atoms with Gasteiger partial charge in [0.05, 0.1) is 13.3 Å². The molecule has 0 saturated heterocycles. The maximum Gasteiger partial charge on any atom is 0.329 e. The van der Waals surface area contributed by atoms with Crippen LogP contribution in [0, 0.1) is 5.82 Å². The van der Waals surface area contributed by atoms with Crippen molar-refractivity contribution in [2.75, 3.05) is 25.6 Å². The lowest BCUT2D eigenvalue weighted by Gasteiger charge is -2.11. The predicted octanol–water partition coefficient (Wildman–Crippen LogP) is 1.44. The Morgan fingerprint density at radius 2 is 1.80 bits per heavy atom. The van der Waals surface area contributed by atoms with Crippen LogP contribution in [0.1, 0.15) is 12.5 Å². The number of likely N-dealkylation sites (N-methyl/N-ethyl adjacent to an activating group) is 1. The molecule has 3 amide bonds. The van der Waals surface area contributed by atoms with Gasteiger partial charge in [-0.25, -0.2) is 9.82 Å². The van der Waals surface area contributed by atoms with Gasteiger partial charge in [0.25, 0.3) is 5.91 Å². The van der Waals surface area contributed by atoms with Crippen LogP contribution in [0.5, 0.6) is 11.5 Å². The fraction of sp³-hybridized carbons (Fsp3) is 0.200. The van der Waals surface area contributed by atoms with Crippen molar-refractivity contribution in [3.8, 4) is 11.5 Å². The van der Waals surface area contributed by atoms with Crippen molar-refractivity contribution in [1.82, 2.24) is 10.7 Å². The first-order valence-corrected chi connectivity index (χ1v) is 8.90. The number of hydrogen-bond acceptors (Lipinski definition) is 6. The first-order chi connectivity index (χ1) is 14.4. The Hall–Kier alpha value is -3.95. The highest BCUT2D eigenvalue weighted by Gasteiger charge is 2.11. The fourth-order valence-electron chi connectivity index (χ4n) is 2.21. The number of rotatable bonds is 8. The van der Waals surface area contributed by atoms with Gasteiger partial charge >= 0.3 is 11.8 Å². The summed E-state index contributed by atoms with van der Waals surface area (Å²) in [6.45, 7) is 1.73. The van der Waals surface area contributed by atoms with E-state index in [4.69, 9.17) is 9.47 Å².